The predicted octanol–water partition coefficient (Wildman–Crippen LogP) is 3.67. The third-order valence-corrected chi connectivity index (χ3v) is 4.41. The van der Waals surface area contributed by atoms with Crippen molar-refractivity contribution >= 4 is 11.3 Å². The Kier molecular flexibility index (Phi) is 4.85. The standard InChI is InChI=1S/C17H17FN2O2S/c1-11-2-7-16(22-11)17-20-9-14(23-17)8-19-10-15(21)12-3-5-13(18)6-4-12/h2-7,9,15,19,21H,8,10H2,1H3. The van der Waals surface area contributed by atoms with Crippen molar-refractivity contribution in [3.8, 4) is 10.8 Å². The van der Waals surface area contributed by atoms with Crippen molar-refractivity contribution < 1.29 is 13.9 Å². The van der Waals surface area contributed by atoms with E-state index in [1.165, 1.54) is 12.1 Å². The molecular formula is C17H17FN2O2S. The quantitative estimate of drug-likeness (QED) is 0.723. The number of furan rings is 1. The van der Waals surface area contributed by atoms with Crippen LogP contribution in [0.1, 0.15) is 22.3 Å². The second-order valence-corrected chi connectivity index (χ2v) is 6.36. The fourth-order valence-corrected chi connectivity index (χ4v) is 3.03. The Bertz CT molecular complexity index is 767. The van der Waals surface area contributed by atoms with Crippen molar-refractivity contribution in [2.75, 3.05) is 6.54 Å². The van der Waals surface area contributed by atoms with Gasteiger partial charge < -0.3 is 14.8 Å². The molecule has 0 bridgehead atoms. The van der Waals surface area contributed by atoms with Crippen LogP contribution in [-0.2, 0) is 6.54 Å². The second-order valence-electron chi connectivity index (χ2n) is 5.24. The molecule has 0 aliphatic rings. The summed E-state index contributed by atoms with van der Waals surface area (Å²) in [5.41, 5.74) is 0.690. The minimum atomic E-state index is -0.671. The van der Waals surface area contributed by atoms with Gasteiger partial charge in [-0.15, -0.1) is 11.3 Å². The van der Waals surface area contributed by atoms with Gasteiger partial charge in [-0.3, -0.25) is 0 Å². The molecule has 23 heavy (non-hydrogen) atoms. The molecule has 0 radical (unpaired) electrons. The highest BCUT2D eigenvalue weighted by Crippen LogP contribution is 2.26. The van der Waals surface area contributed by atoms with Crippen LogP contribution < -0.4 is 5.32 Å². The molecule has 6 heteroatoms. The van der Waals surface area contributed by atoms with Gasteiger partial charge in [0, 0.05) is 24.2 Å². The lowest BCUT2D eigenvalue weighted by Crippen LogP contribution is -2.20. The highest BCUT2D eigenvalue weighted by Gasteiger charge is 2.10. The summed E-state index contributed by atoms with van der Waals surface area (Å²) in [7, 11) is 0. The first-order valence-corrected chi connectivity index (χ1v) is 8.09. The number of aliphatic hydroxyl groups excluding tert-OH is 1. The summed E-state index contributed by atoms with van der Waals surface area (Å²) in [6, 6.07) is 9.69. The van der Waals surface area contributed by atoms with E-state index in [0.29, 0.717) is 18.7 Å². The molecule has 0 saturated heterocycles. The van der Waals surface area contributed by atoms with Gasteiger partial charge in [0.05, 0.1) is 6.10 Å². The van der Waals surface area contributed by atoms with E-state index < -0.39 is 6.10 Å². The van der Waals surface area contributed by atoms with Crippen LogP contribution in [-0.4, -0.2) is 16.6 Å². The van der Waals surface area contributed by atoms with Crippen LogP contribution in [0.5, 0.6) is 0 Å². The molecule has 0 saturated carbocycles. The van der Waals surface area contributed by atoms with Crippen LogP contribution in [0.25, 0.3) is 10.8 Å². The van der Waals surface area contributed by atoms with E-state index in [0.717, 1.165) is 21.4 Å². The van der Waals surface area contributed by atoms with Crippen LogP contribution in [0.4, 0.5) is 4.39 Å². The van der Waals surface area contributed by atoms with Crippen molar-refractivity contribution in [1.82, 2.24) is 10.3 Å². The van der Waals surface area contributed by atoms with Gasteiger partial charge in [0.1, 0.15) is 11.6 Å². The topological polar surface area (TPSA) is 58.3 Å². The summed E-state index contributed by atoms with van der Waals surface area (Å²) in [5, 5.41) is 14.1. The first-order chi connectivity index (χ1) is 11.1. The Morgan fingerprint density at radius 1 is 1.26 bits per heavy atom. The molecule has 2 heterocycles. The zero-order chi connectivity index (χ0) is 16.2. The molecular weight excluding hydrogens is 315 g/mol. The molecule has 1 unspecified atom stereocenters. The first-order valence-electron chi connectivity index (χ1n) is 7.27. The van der Waals surface area contributed by atoms with Crippen molar-refractivity contribution in [2.45, 2.75) is 19.6 Å². The lowest BCUT2D eigenvalue weighted by atomic mass is 10.1. The van der Waals surface area contributed by atoms with Crippen molar-refractivity contribution in [3.05, 3.63) is 64.6 Å². The maximum Gasteiger partial charge on any atom is 0.162 e. The maximum atomic E-state index is 12.9. The molecule has 1 atom stereocenters. The molecule has 2 N–H and O–H groups in total. The van der Waals surface area contributed by atoms with E-state index >= 15 is 0 Å². The van der Waals surface area contributed by atoms with Gasteiger partial charge in [-0.1, -0.05) is 12.1 Å². The third kappa shape index (κ3) is 4.04. The highest BCUT2D eigenvalue weighted by molar-refractivity contribution is 7.14. The van der Waals surface area contributed by atoms with Gasteiger partial charge in [0.15, 0.2) is 10.8 Å². The van der Waals surface area contributed by atoms with Crippen LogP contribution in [0.3, 0.4) is 0 Å². The summed E-state index contributed by atoms with van der Waals surface area (Å²) in [6.07, 6.45) is 1.13. The first kappa shape index (κ1) is 15.9. The van der Waals surface area contributed by atoms with Crippen LogP contribution in [0.2, 0.25) is 0 Å². The number of thiazole rings is 1. The number of nitrogens with zero attached hydrogens (tertiary/aromatic N) is 1. The monoisotopic (exact) mass is 332 g/mol. The Balaban J connectivity index is 1.53. The van der Waals surface area contributed by atoms with Crippen LogP contribution >= 0.6 is 11.3 Å². The normalized spacial score (nSPS) is 12.5. The lowest BCUT2D eigenvalue weighted by molar-refractivity contribution is 0.174. The Morgan fingerprint density at radius 2 is 2.04 bits per heavy atom. The smallest absolute Gasteiger partial charge is 0.162 e. The molecule has 0 spiro atoms. The summed E-state index contributed by atoms with van der Waals surface area (Å²) >= 11 is 1.55. The van der Waals surface area contributed by atoms with Gasteiger partial charge >= 0.3 is 0 Å². The number of hydrogen-bond acceptors (Lipinski definition) is 5. The molecule has 0 amide bonds. The van der Waals surface area contributed by atoms with E-state index in [-0.39, 0.29) is 5.82 Å². The Hall–Kier alpha value is -2.02. The lowest BCUT2D eigenvalue weighted by Gasteiger charge is -2.11. The minimum Gasteiger partial charge on any atom is -0.459 e. The van der Waals surface area contributed by atoms with Crippen LogP contribution in [0.15, 0.2) is 47.0 Å². The summed E-state index contributed by atoms with van der Waals surface area (Å²) < 4.78 is 18.4. The van der Waals surface area contributed by atoms with Gasteiger partial charge in [-0.25, -0.2) is 9.37 Å². The van der Waals surface area contributed by atoms with Crippen molar-refractivity contribution in [1.29, 1.82) is 0 Å². The van der Waals surface area contributed by atoms with Crippen LogP contribution in [0, 0.1) is 12.7 Å². The molecule has 0 fully saturated rings. The molecule has 0 aliphatic heterocycles. The number of rotatable bonds is 6. The van der Waals surface area contributed by atoms with Crippen molar-refractivity contribution in [3.63, 3.8) is 0 Å². The van der Waals surface area contributed by atoms with E-state index in [2.05, 4.69) is 10.3 Å². The average molecular weight is 332 g/mol. The fraction of sp³-hybridized carbons (Fsp3) is 0.235. The number of aromatic nitrogens is 1. The van der Waals surface area contributed by atoms with E-state index in [4.69, 9.17) is 4.42 Å². The second kappa shape index (κ2) is 7.04. The molecule has 120 valence electrons. The van der Waals surface area contributed by atoms with Gasteiger partial charge in [0.2, 0.25) is 0 Å². The molecule has 0 aliphatic carbocycles. The van der Waals surface area contributed by atoms with E-state index in [1.807, 2.05) is 19.1 Å². The Morgan fingerprint density at radius 3 is 2.74 bits per heavy atom. The zero-order valence-electron chi connectivity index (χ0n) is 12.6. The molecule has 3 rings (SSSR count). The molecule has 1 aromatic carbocycles. The molecule has 3 aromatic rings. The maximum absolute atomic E-state index is 12.9. The number of halogens is 1. The largest absolute Gasteiger partial charge is 0.459 e. The predicted molar refractivity (Wildman–Crippen MR) is 87.6 cm³/mol. The number of hydrogen-bond donors (Lipinski definition) is 2. The van der Waals surface area contributed by atoms with E-state index in [9.17, 15) is 9.50 Å². The summed E-state index contributed by atoms with van der Waals surface area (Å²) in [6.45, 7) is 2.89. The van der Waals surface area contributed by atoms with E-state index in [1.54, 1.807) is 29.7 Å². The summed E-state index contributed by atoms with van der Waals surface area (Å²) in [5.74, 6) is 1.32. The number of nitrogens with one attached hydrogen (secondary N) is 1. The fourth-order valence-electron chi connectivity index (χ4n) is 2.19. The van der Waals surface area contributed by atoms with Gasteiger partial charge in [0.25, 0.3) is 0 Å². The number of aliphatic hydroxyl groups is 1. The third-order valence-electron chi connectivity index (χ3n) is 3.40. The molecule has 4 nitrogen and oxygen atoms in total. The highest BCUT2D eigenvalue weighted by atomic mass is 32.1. The number of benzene rings is 1. The average Bonchev–Trinajstić information content (AvgIpc) is 3.17. The van der Waals surface area contributed by atoms with Gasteiger partial charge in [-0.2, -0.15) is 0 Å². The summed E-state index contributed by atoms with van der Waals surface area (Å²) in [4.78, 5) is 5.40. The minimum absolute atomic E-state index is 0.306. The zero-order valence-corrected chi connectivity index (χ0v) is 13.4. The SMILES string of the molecule is Cc1ccc(-c2ncc(CNCC(O)c3ccc(F)cc3)s2)o1. The molecule has 2 aromatic heterocycles. The van der Waals surface area contributed by atoms with Crippen molar-refractivity contribution in [2.24, 2.45) is 0 Å². The Labute approximate surface area is 137 Å². The number of aryl methyl sites for hydroxylation is 1. The van der Waals surface area contributed by atoms with Gasteiger partial charge in [-0.05, 0) is 36.8 Å².